The average Bonchev–Trinajstić information content (AvgIpc) is 3.09. The van der Waals surface area contributed by atoms with Crippen molar-refractivity contribution >= 4 is 35.2 Å². The van der Waals surface area contributed by atoms with Crippen molar-refractivity contribution in [3.05, 3.63) is 65.9 Å². The third-order valence-corrected chi connectivity index (χ3v) is 12.6. The Balaban J connectivity index is 2.18. The van der Waals surface area contributed by atoms with Crippen molar-refractivity contribution in [3.63, 3.8) is 0 Å². The largest absolute Gasteiger partial charge is 0.461 e. The molecule has 3 aromatic rings. The number of hydrogen-bond acceptors (Lipinski definition) is 5. The quantitative estimate of drug-likeness (QED) is 0.305. The van der Waals surface area contributed by atoms with Gasteiger partial charge in [0.05, 0.1) is 17.0 Å². The van der Waals surface area contributed by atoms with Gasteiger partial charge >= 0.3 is 5.97 Å². The molecule has 3 rings (SSSR count). The minimum atomic E-state index is -4.03. The summed E-state index contributed by atoms with van der Waals surface area (Å²) >= 11 is 0. The Hall–Kier alpha value is -2.42. The van der Waals surface area contributed by atoms with Gasteiger partial charge in [0.25, 0.3) is 10.0 Å². The maximum atomic E-state index is 13.7. The lowest BCUT2D eigenvalue weighted by atomic mass is 10.1. The second-order valence-electron chi connectivity index (χ2n) is 9.51. The van der Waals surface area contributed by atoms with Crippen LogP contribution < -0.4 is 0 Å². The van der Waals surface area contributed by atoms with Gasteiger partial charge in [0.2, 0.25) is 0 Å². The first-order valence-electron chi connectivity index (χ1n) is 11.2. The van der Waals surface area contributed by atoms with Gasteiger partial charge < -0.3 is 9.16 Å². The molecule has 0 fully saturated rings. The summed E-state index contributed by atoms with van der Waals surface area (Å²) < 4.78 is 40.2. The van der Waals surface area contributed by atoms with Crippen LogP contribution in [0.4, 0.5) is 0 Å². The molecule has 0 amide bonds. The Labute approximate surface area is 197 Å². The SMILES string of the molecule is CCOC(=O)c1c(CCO[Si](C)(C)C(C)(C)C)c2ccccc2n1S(=O)(=O)c1ccccc1. The maximum absolute atomic E-state index is 13.7. The van der Waals surface area contributed by atoms with Crippen LogP contribution in [-0.2, 0) is 25.6 Å². The van der Waals surface area contributed by atoms with Crippen LogP contribution in [0.25, 0.3) is 10.9 Å². The van der Waals surface area contributed by atoms with E-state index in [9.17, 15) is 13.2 Å². The van der Waals surface area contributed by atoms with Crippen LogP contribution in [0, 0.1) is 0 Å². The molecule has 1 heterocycles. The maximum Gasteiger partial charge on any atom is 0.356 e. The van der Waals surface area contributed by atoms with Gasteiger partial charge in [-0.05, 0) is 55.2 Å². The van der Waals surface area contributed by atoms with Crippen LogP contribution in [0.2, 0.25) is 18.1 Å². The molecule has 0 bridgehead atoms. The van der Waals surface area contributed by atoms with Crippen molar-refractivity contribution < 1.29 is 22.4 Å². The minimum Gasteiger partial charge on any atom is -0.461 e. The topological polar surface area (TPSA) is 74.6 Å². The lowest BCUT2D eigenvalue weighted by Crippen LogP contribution is -2.41. The van der Waals surface area contributed by atoms with Crippen molar-refractivity contribution in [3.8, 4) is 0 Å². The van der Waals surface area contributed by atoms with Gasteiger partial charge in [-0.2, -0.15) is 0 Å². The molecule has 178 valence electrons. The van der Waals surface area contributed by atoms with E-state index in [1.807, 2.05) is 12.1 Å². The number of aromatic nitrogens is 1. The third-order valence-electron chi connectivity index (χ3n) is 6.31. The summed E-state index contributed by atoms with van der Waals surface area (Å²) in [5.41, 5.74) is 1.12. The highest BCUT2D eigenvalue weighted by atomic mass is 32.2. The Bertz CT molecular complexity index is 1240. The molecule has 0 atom stereocenters. The first-order chi connectivity index (χ1) is 15.4. The molecule has 8 heteroatoms. The number of carbonyl (C=O) groups is 1. The van der Waals surface area contributed by atoms with Crippen molar-refractivity contribution in [2.24, 2.45) is 0 Å². The number of rotatable bonds is 8. The molecule has 0 aliphatic rings. The predicted octanol–water partition coefficient (Wildman–Crippen LogP) is 5.62. The lowest BCUT2D eigenvalue weighted by Gasteiger charge is -2.36. The lowest BCUT2D eigenvalue weighted by molar-refractivity contribution is 0.0517. The van der Waals surface area contributed by atoms with E-state index in [1.54, 1.807) is 37.3 Å². The normalized spacial score (nSPS) is 12.8. The number of esters is 1. The highest BCUT2D eigenvalue weighted by molar-refractivity contribution is 7.90. The van der Waals surface area contributed by atoms with Crippen molar-refractivity contribution in [1.82, 2.24) is 3.97 Å². The van der Waals surface area contributed by atoms with Gasteiger partial charge in [-0.3, -0.25) is 0 Å². The molecule has 0 aliphatic heterocycles. The average molecular weight is 488 g/mol. The Kier molecular flexibility index (Phi) is 7.21. The second-order valence-corrected chi connectivity index (χ2v) is 16.1. The molecular weight excluding hydrogens is 454 g/mol. The van der Waals surface area contributed by atoms with E-state index >= 15 is 0 Å². The number of benzene rings is 2. The number of ether oxygens (including phenoxy) is 1. The van der Waals surface area contributed by atoms with Crippen LogP contribution in [0.5, 0.6) is 0 Å². The molecule has 0 spiro atoms. The van der Waals surface area contributed by atoms with Crippen LogP contribution >= 0.6 is 0 Å². The van der Waals surface area contributed by atoms with Gasteiger partial charge in [-0.1, -0.05) is 57.2 Å². The van der Waals surface area contributed by atoms with Crippen LogP contribution in [-0.4, -0.2) is 39.9 Å². The fourth-order valence-electron chi connectivity index (χ4n) is 3.51. The standard InChI is InChI=1S/C25H33NO5SSi/c1-7-30-24(27)23-21(17-18-31-33(5,6)25(2,3)4)20-15-11-12-16-22(20)26(23)32(28,29)19-13-9-8-10-14-19/h8-16H,7,17-18H2,1-6H3. The van der Waals surface area contributed by atoms with E-state index in [-0.39, 0.29) is 22.2 Å². The van der Waals surface area contributed by atoms with E-state index in [1.165, 1.54) is 12.1 Å². The van der Waals surface area contributed by atoms with Gasteiger partial charge in [-0.25, -0.2) is 17.2 Å². The molecule has 0 unspecified atom stereocenters. The molecule has 0 N–H and O–H groups in total. The monoisotopic (exact) mass is 487 g/mol. The number of nitrogens with zero attached hydrogens (tertiary/aromatic N) is 1. The number of hydrogen-bond donors (Lipinski definition) is 0. The summed E-state index contributed by atoms with van der Waals surface area (Å²) in [6.07, 6.45) is 0.401. The predicted molar refractivity (Wildman–Crippen MR) is 134 cm³/mol. The summed E-state index contributed by atoms with van der Waals surface area (Å²) in [6.45, 7) is 13.1. The smallest absolute Gasteiger partial charge is 0.356 e. The first-order valence-corrected chi connectivity index (χ1v) is 15.5. The van der Waals surface area contributed by atoms with Gasteiger partial charge in [-0.15, -0.1) is 0 Å². The van der Waals surface area contributed by atoms with E-state index in [0.717, 1.165) is 3.97 Å². The zero-order valence-electron chi connectivity index (χ0n) is 20.2. The third kappa shape index (κ3) is 4.93. The fraction of sp³-hybridized carbons (Fsp3) is 0.400. The zero-order chi connectivity index (χ0) is 24.4. The number of para-hydroxylation sites is 1. The summed E-state index contributed by atoms with van der Waals surface area (Å²) in [5, 5.41) is 0.751. The van der Waals surface area contributed by atoms with Crippen LogP contribution in [0.15, 0.2) is 59.5 Å². The summed E-state index contributed by atoms with van der Waals surface area (Å²) in [4.78, 5) is 13.2. The van der Waals surface area contributed by atoms with Crippen LogP contribution in [0.3, 0.4) is 0 Å². The molecule has 0 saturated heterocycles. The second kappa shape index (κ2) is 9.44. The Morgan fingerprint density at radius 3 is 2.21 bits per heavy atom. The van der Waals surface area contributed by atoms with E-state index in [4.69, 9.17) is 9.16 Å². The molecule has 2 aromatic carbocycles. The van der Waals surface area contributed by atoms with E-state index < -0.39 is 24.3 Å². The van der Waals surface area contributed by atoms with E-state index in [2.05, 4.69) is 33.9 Å². The molecule has 1 aromatic heterocycles. The Morgan fingerprint density at radius 2 is 1.61 bits per heavy atom. The zero-order valence-corrected chi connectivity index (χ0v) is 22.0. The minimum absolute atomic E-state index is 0.0423. The van der Waals surface area contributed by atoms with Gasteiger partial charge in [0, 0.05) is 12.0 Å². The van der Waals surface area contributed by atoms with E-state index in [0.29, 0.717) is 29.5 Å². The van der Waals surface area contributed by atoms with Crippen molar-refractivity contribution in [1.29, 1.82) is 0 Å². The first kappa shape index (κ1) is 25.2. The summed E-state index contributed by atoms with van der Waals surface area (Å²) in [6, 6.07) is 15.3. The van der Waals surface area contributed by atoms with Crippen LogP contribution in [0.1, 0.15) is 43.7 Å². The van der Waals surface area contributed by atoms with Crippen molar-refractivity contribution in [2.45, 2.75) is 57.1 Å². The molecule has 0 aliphatic carbocycles. The molecular formula is C25H33NO5SSi. The summed E-state index contributed by atoms with van der Waals surface area (Å²) in [5.74, 6) is -0.657. The number of fused-ring (bicyclic) bond motifs is 1. The van der Waals surface area contributed by atoms with Gasteiger partial charge in [0.15, 0.2) is 8.32 Å². The number of carbonyl (C=O) groups excluding carboxylic acids is 1. The molecule has 33 heavy (non-hydrogen) atoms. The highest BCUT2D eigenvalue weighted by Gasteiger charge is 2.37. The molecule has 0 radical (unpaired) electrons. The van der Waals surface area contributed by atoms with Gasteiger partial charge in [0.1, 0.15) is 5.69 Å². The highest BCUT2D eigenvalue weighted by Crippen LogP contribution is 2.37. The molecule has 0 saturated carbocycles. The summed E-state index contributed by atoms with van der Waals surface area (Å²) in [7, 11) is -6.04. The molecule has 6 nitrogen and oxygen atoms in total. The van der Waals surface area contributed by atoms with Crippen molar-refractivity contribution in [2.75, 3.05) is 13.2 Å². The fourth-order valence-corrected chi connectivity index (χ4v) is 6.11. The Morgan fingerprint density at radius 1 is 1.00 bits per heavy atom.